The maximum Gasteiger partial charge on any atom is 0.319 e. The molecule has 4 rings (SSSR count). The van der Waals surface area contributed by atoms with Crippen LogP contribution in [0.1, 0.15) is 27.3 Å². The van der Waals surface area contributed by atoms with Gasteiger partial charge >= 0.3 is 6.55 Å². The summed E-state index contributed by atoms with van der Waals surface area (Å²) in [6.45, 7) is 7.06. The highest BCUT2D eigenvalue weighted by atomic mass is 79.9. The molecule has 0 amide bonds. The van der Waals surface area contributed by atoms with Gasteiger partial charge in [0.2, 0.25) is 9.84 Å². The molecule has 0 saturated carbocycles. The zero-order valence-corrected chi connectivity index (χ0v) is 20.6. The fraction of sp³-hybridized carbons (Fsp3) is 0.391. The van der Waals surface area contributed by atoms with Crippen molar-refractivity contribution in [2.24, 2.45) is 0 Å². The molecule has 0 aliphatic carbocycles. The van der Waals surface area contributed by atoms with Crippen LogP contribution in [0.25, 0.3) is 10.9 Å². The molecular weight excluding hydrogens is 500 g/mol. The van der Waals surface area contributed by atoms with Crippen molar-refractivity contribution in [3.63, 3.8) is 0 Å². The predicted octanol–water partition coefficient (Wildman–Crippen LogP) is 5.55. The molecule has 1 aromatic heterocycles. The van der Waals surface area contributed by atoms with Crippen LogP contribution >= 0.6 is 15.9 Å². The molecule has 1 aliphatic rings. The van der Waals surface area contributed by atoms with Gasteiger partial charge in [0.15, 0.2) is 0 Å². The summed E-state index contributed by atoms with van der Waals surface area (Å²) in [4.78, 5) is 4.55. The van der Waals surface area contributed by atoms with Crippen LogP contribution in [-0.4, -0.2) is 49.6 Å². The zero-order chi connectivity index (χ0) is 23.3. The number of fused-ring (bicyclic) bond motifs is 1. The number of alkyl halides is 2. The molecule has 5 nitrogen and oxygen atoms in total. The SMILES string of the molecule is CC(C)(C)N1CCN(c2cccc(S(=O)(=O)c3cn(C(F)F)c4ccc(Br)cc34)c2)CC1. The van der Waals surface area contributed by atoms with Crippen molar-refractivity contribution in [1.29, 1.82) is 0 Å². The van der Waals surface area contributed by atoms with E-state index in [0.717, 1.165) is 38.1 Å². The van der Waals surface area contributed by atoms with Crippen LogP contribution in [0.5, 0.6) is 0 Å². The van der Waals surface area contributed by atoms with Crippen molar-refractivity contribution < 1.29 is 17.2 Å². The van der Waals surface area contributed by atoms with Crippen LogP contribution in [0.15, 0.2) is 62.9 Å². The van der Waals surface area contributed by atoms with Gasteiger partial charge in [-0.05, 0) is 57.2 Å². The summed E-state index contributed by atoms with van der Waals surface area (Å²) >= 11 is 3.32. The van der Waals surface area contributed by atoms with Gasteiger partial charge in [-0.15, -0.1) is 0 Å². The molecule has 2 aromatic carbocycles. The highest BCUT2D eigenvalue weighted by Crippen LogP contribution is 2.35. The fourth-order valence-electron chi connectivity index (χ4n) is 4.18. The van der Waals surface area contributed by atoms with Crippen LogP contribution in [0.3, 0.4) is 0 Å². The lowest BCUT2D eigenvalue weighted by Gasteiger charge is -2.43. The van der Waals surface area contributed by atoms with Gasteiger partial charge in [-0.3, -0.25) is 9.47 Å². The standard InChI is InChI=1S/C23H26BrF2N3O2S/c1-23(2,3)28-11-9-27(10-12-28)17-5-4-6-18(14-17)32(30,31)21-15-29(22(25)26)20-8-7-16(24)13-19(20)21/h4-8,13-15,22H,9-12H2,1-3H3. The molecule has 0 unspecified atom stereocenters. The molecule has 1 fully saturated rings. The molecule has 0 spiro atoms. The van der Waals surface area contributed by atoms with Crippen LogP contribution in [0, 0.1) is 0 Å². The number of hydrogen-bond donors (Lipinski definition) is 0. The van der Waals surface area contributed by atoms with Crippen molar-refractivity contribution in [2.75, 3.05) is 31.1 Å². The van der Waals surface area contributed by atoms with Crippen LogP contribution in [-0.2, 0) is 9.84 Å². The van der Waals surface area contributed by atoms with E-state index in [4.69, 9.17) is 0 Å². The maximum atomic E-state index is 13.6. The number of hydrogen-bond acceptors (Lipinski definition) is 4. The highest BCUT2D eigenvalue weighted by Gasteiger charge is 2.28. The van der Waals surface area contributed by atoms with Gasteiger partial charge in [-0.25, -0.2) is 8.42 Å². The molecule has 172 valence electrons. The van der Waals surface area contributed by atoms with Crippen LogP contribution < -0.4 is 4.90 Å². The van der Waals surface area contributed by atoms with E-state index >= 15 is 0 Å². The fourth-order valence-corrected chi connectivity index (χ4v) is 6.04. The number of nitrogens with zero attached hydrogens (tertiary/aromatic N) is 3. The van der Waals surface area contributed by atoms with Crippen molar-refractivity contribution in [3.8, 4) is 0 Å². The van der Waals surface area contributed by atoms with E-state index in [1.165, 1.54) is 12.1 Å². The molecule has 2 heterocycles. The van der Waals surface area contributed by atoms with E-state index in [2.05, 4.69) is 46.5 Å². The largest absolute Gasteiger partial charge is 0.369 e. The quantitative estimate of drug-likeness (QED) is 0.447. The van der Waals surface area contributed by atoms with Crippen molar-refractivity contribution in [1.82, 2.24) is 9.47 Å². The second-order valence-electron chi connectivity index (χ2n) is 8.99. The van der Waals surface area contributed by atoms with Crippen molar-refractivity contribution >= 4 is 42.4 Å². The average Bonchev–Trinajstić information content (AvgIpc) is 3.13. The molecule has 1 saturated heterocycles. The van der Waals surface area contributed by atoms with E-state index in [9.17, 15) is 17.2 Å². The Hall–Kier alpha value is -1.97. The molecule has 0 atom stereocenters. The normalized spacial score (nSPS) is 16.3. The average molecular weight is 526 g/mol. The third-order valence-electron chi connectivity index (χ3n) is 5.98. The summed E-state index contributed by atoms with van der Waals surface area (Å²) in [5.74, 6) is 0. The first-order chi connectivity index (χ1) is 15.0. The van der Waals surface area contributed by atoms with Gasteiger partial charge in [0.05, 0.1) is 15.3 Å². The second kappa shape index (κ2) is 8.43. The Morgan fingerprint density at radius 1 is 1.00 bits per heavy atom. The van der Waals surface area contributed by atoms with Crippen LogP contribution in [0.4, 0.5) is 14.5 Å². The smallest absolute Gasteiger partial charge is 0.319 e. The maximum absolute atomic E-state index is 13.6. The number of piperazine rings is 1. The Kier molecular flexibility index (Phi) is 6.11. The molecule has 3 aromatic rings. The molecule has 1 aliphatic heterocycles. The molecule has 9 heteroatoms. The Bertz CT molecular complexity index is 1240. The number of rotatable bonds is 4. The Labute approximate surface area is 195 Å². The molecule has 32 heavy (non-hydrogen) atoms. The van der Waals surface area contributed by atoms with Gasteiger partial charge in [0.1, 0.15) is 0 Å². The Morgan fingerprint density at radius 3 is 2.31 bits per heavy atom. The first-order valence-corrected chi connectivity index (χ1v) is 12.7. The first kappa shape index (κ1) is 23.2. The second-order valence-corrected chi connectivity index (χ2v) is 11.8. The molecule has 0 radical (unpaired) electrons. The first-order valence-electron chi connectivity index (χ1n) is 10.4. The van der Waals surface area contributed by atoms with E-state index in [0.29, 0.717) is 9.04 Å². The van der Waals surface area contributed by atoms with Gasteiger partial charge in [-0.1, -0.05) is 22.0 Å². The minimum atomic E-state index is -4.00. The molecule has 0 N–H and O–H groups in total. The lowest BCUT2D eigenvalue weighted by atomic mass is 10.0. The summed E-state index contributed by atoms with van der Waals surface area (Å²) in [5.41, 5.74) is 1.08. The minimum absolute atomic E-state index is 0.0878. The number of aromatic nitrogens is 1. The van der Waals surface area contributed by atoms with Gasteiger partial charge in [0.25, 0.3) is 0 Å². The van der Waals surface area contributed by atoms with Crippen LogP contribution in [0.2, 0.25) is 0 Å². The predicted molar refractivity (Wildman–Crippen MR) is 126 cm³/mol. The monoisotopic (exact) mass is 525 g/mol. The third-order valence-corrected chi connectivity index (χ3v) is 8.25. The van der Waals surface area contributed by atoms with E-state index in [-0.39, 0.29) is 26.2 Å². The number of benzene rings is 2. The zero-order valence-electron chi connectivity index (χ0n) is 18.2. The lowest BCUT2D eigenvalue weighted by molar-refractivity contribution is 0.0748. The Morgan fingerprint density at radius 2 is 1.69 bits per heavy atom. The lowest BCUT2D eigenvalue weighted by Crippen LogP contribution is -2.53. The van der Waals surface area contributed by atoms with Gasteiger partial charge in [-0.2, -0.15) is 8.78 Å². The van der Waals surface area contributed by atoms with E-state index in [1.807, 2.05) is 6.07 Å². The number of sulfone groups is 1. The third kappa shape index (κ3) is 4.30. The van der Waals surface area contributed by atoms with E-state index < -0.39 is 16.4 Å². The Balaban J connectivity index is 1.70. The molecular formula is C23H26BrF2N3O2S. The summed E-state index contributed by atoms with van der Waals surface area (Å²) in [6.07, 6.45) is 1.03. The van der Waals surface area contributed by atoms with Crippen molar-refractivity contribution in [2.45, 2.75) is 42.7 Å². The van der Waals surface area contributed by atoms with Gasteiger partial charge in [0, 0.05) is 53.5 Å². The minimum Gasteiger partial charge on any atom is -0.369 e. The summed E-state index contributed by atoms with van der Waals surface area (Å²) < 4.78 is 55.5. The molecule has 0 bridgehead atoms. The summed E-state index contributed by atoms with van der Waals surface area (Å²) in [7, 11) is -4.00. The number of halogens is 3. The highest BCUT2D eigenvalue weighted by molar-refractivity contribution is 9.10. The van der Waals surface area contributed by atoms with Gasteiger partial charge < -0.3 is 4.90 Å². The van der Waals surface area contributed by atoms with E-state index in [1.54, 1.807) is 24.3 Å². The summed E-state index contributed by atoms with van der Waals surface area (Å²) in [6, 6.07) is 11.5. The van der Waals surface area contributed by atoms with Crippen molar-refractivity contribution in [3.05, 3.63) is 53.1 Å². The summed E-state index contributed by atoms with van der Waals surface area (Å²) in [5, 5.41) is 0.267. The topological polar surface area (TPSA) is 45.6 Å². The number of anilines is 1.